The Balaban J connectivity index is 2.76. The lowest BCUT2D eigenvalue weighted by molar-refractivity contribution is -0.137. The molecule has 1 unspecified atom stereocenters. The highest BCUT2D eigenvalue weighted by atomic mass is 79.9. The zero-order valence-electron chi connectivity index (χ0n) is 6.77. The minimum Gasteiger partial charge on any atom is -0.481 e. The minimum absolute atomic E-state index is 0.0412. The number of benzene rings is 1. The van der Waals surface area contributed by atoms with Crippen molar-refractivity contribution in [2.75, 3.05) is 0 Å². The molecule has 0 aliphatic heterocycles. The van der Waals surface area contributed by atoms with Crippen LogP contribution < -0.4 is 0 Å². The van der Waals surface area contributed by atoms with Gasteiger partial charge in [0.15, 0.2) is 0 Å². The van der Waals surface area contributed by atoms with Crippen LogP contribution >= 0.6 is 28.6 Å². The summed E-state index contributed by atoms with van der Waals surface area (Å²) in [4.78, 5) is 10.4. The van der Waals surface area contributed by atoms with E-state index in [-0.39, 0.29) is 11.7 Å². The summed E-state index contributed by atoms with van der Waals surface area (Å²) in [5.41, 5.74) is 0.917. The first-order valence-corrected chi connectivity index (χ1v) is 5.06. The SMILES string of the molecule is O=C(O)CC(S)c1cccc(Br)c1. The van der Waals surface area contributed by atoms with Gasteiger partial charge in [0.1, 0.15) is 0 Å². The molecule has 0 spiro atoms. The van der Waals surface area contributed by atoms with Gasteiger partial charge in [0.2, 0.25) is 0 Å². The normalized spacial score (nSPS) is 12.5. The van der Waals surface area contributed by atoms with Crippen molar-refractivity contribution in [2.24, 2.45) is 0 Å². The van der Waals surface area contributed by atoms with Crippen LogP contribution in [0.4, 0.5) is 0 Å². The Hall–Kier alpha value is -0.480. The summed E-state index contributed by atoms with van der Waals surface area (Å²) < 4.78 is 0.939. The molecule has 1 aromatic carbocycles. The molecule has 0 bridgehead atoms. The van der Waals surface area contributed by atoms with Crippen molar-refractivity contribution >= 4 is 34.5 Å². The van der Waals surface area contributed by atoms with Gasteiger partial charge in [-0.15, -0.1) is 0 Å². The lowest BCUT2D eigenvalue weighted by Gasteiger charge is -2.07. The fraction of sp³-hybridized carbons (Fsp3) is 0.222. The maximum absolute atomic E-state index is 10.4. The first-order chi connectivity index (χ1) is 6.09. The molecule has 0 heterocycles. The highest BCUT2D eigenvalue weighted by molar-refractivity contribution is 9.10. The van der Waals surface area contributed by atoms with Crippen LogP contribution in [0, 0.1) is 0 Å². The Morgan fingerprint density at radius 2 is 2.31 bits per heavy atom. The molecule has 0 saturated carbocycles. The molecule has 2 nitrogen and oxygen atoms in total. The molecule has 0 radical (unpaired) electrons. The van der Waals surface area contributed by atoms with Crippen molar-refractivity contribution in [3.8, 4) is 0 Å². The second kappa shape index (κ2) is 4.67. The lowest BCUT2D eigenvalue weighted by Crippen LogP contribution is -2.00. The van der Waals surface area contributed by atoms with Crippen LogP contribution in [0.2, 0.25) is 0 Å². The molecule has 0 fully saturated rings. The van der Waals surface area contributed by atoms with Gasteiger partial charge in [-0.2, -0.15) is 12.6 Å². The molecule has 4 heteroatoms. The van der Waals surface area contributed by atoms with Gasteiger partial charge < -0.3 is 5.11 Å². The van der Waals surface area contributed by atoms with Crippen LogP contribution in [0.5, 0.6) is 0 Å². The van der Waals surface area contributed by atoms with E-state index in [2.05, 4.69) is 28.6 Å². The smallest absolute Gasteiger partial charge is 0.304 e. The number of carboxylic acid groups (broad SMARTS) is 1. The average Bonchev–Trinajstić information content (AvgIpc) is 2.03. The molecule has 13 heavy (non-hydrogen) atoms. The Labute approximate surface area is 90.5 Å². The molecule has 1 N–H and O–H groups in total. The number of halogens is 1. The maximum Gasteiger partial charge on any atom is 0.304 e. The standard InChI is InChI=1S/C9H9BrO2S/c10-7-3-1-2-6(4-7)8(13)5-9(11)12/h1-4,8,13H,5H2,(H,11,12). The van der Waals surface area contributed by atoms with Gasteiger partial charge in [0.05, 0.1) is 6.42 Å². The van der Waals surface area contributed by atoms with Gasteiger partial charge in [-0.25, -0.2) is 0 Å². The monoisotopic (exact) mass is 260 g/mol. The number of carbonyl (C=O) groups is 1. The van der Waals surface area contributed by atoms with Gasteiger partial charge in [0.25, 0.3) is 0 Å². The number of carboxylic acids is 1. The number of rotatable bonds is 3. The van der Waals surface area contributed by atoms with Crippen LogP contribution in [0.3, 0.4) is 0 Å². The largest absolute Gasteiger partial charge is 0.481 e. The summed E-state index contributed by atoms with van der Waals surface area (Å²) in [7, 11) is 0. The van der Waals surface area contributed by atoms with Crippen molar-refractivity contribution in [2.45, 2.75) is 11.7 Å². The van der Waals surface area contributed by atoms with E-state index in [9.17, 15) is 4.79 Å². The van der Waals surface area contributed by atoms with E-state index < -0.39 is 5.97 Å². The molecule has 70 valence electrons. The minimum atomic E-state index is -0.833. The molecule has 1 atom stereocenters. The van der Waals surface area contributed by atoms with Crippen molar-refractivity contribution in [3.05, 3.63) is 34.3 Å². The molecule has 1 rings (SSSR count). The first-order valence-electron chi connectivity index (χ1n) is 3.75. The molecular weight excluding hydrogens is 252 g/mol. The van der Waals surface area contributed by atoms with E-state index in [0.717, 1.165) is 10.0 Å². The molecule has 0 aliphatic rings. The van der Waals surface area contributed by atoms with Crippen LogP contribution in [0.1, 0.15) is 17.2 Å². The number of hydrogen-bond donors (Lipinski definition) is 2. The van der Waals surface area contributed by atoms with Crippen molar-refractivity contribution < 1.29 is 9.90 Å². The number of aliphatic carboxylic acids is 1. The zero-order chi connectivity index (χ0) is 9.84. The first kappa shape index (κ1) is 10.6. The summed E-state index contributed by atoms with van der Waals surface area (Å²) in [5.74, 6) is -0.833. The predicted octanol–water partition coefficient (Wildman–Crippen LogP) is 2.89. The van der Waals surface area contributed by atoms with E-state index in [1.807, 2.05) is 24.3 Å². The Bertz CT molecular complexity index is 314. The lowest BCUT2D eigenvalue weighted by atomic mass is 10.1. The quantitative estimate of drug-likeness (QED) is 0.821. The zero-order valence-corrected chi connectivity index (χ0v) is 9.25. The molecule has 0 aromatic heterocycles. The van der Waals surface area contributed by atoms with Gasteiger partial charge in [-0.3, -0.25) is 4.79 Å². The van der Waals surface area contributed by atoms with Crippen molar-refractivity contribution in [1.82, 2.24) is 0 Å². The fourth-order valence-corrected chi connectivity index (χ4v) is 1.73. The summed E-state index contributed by atoms with van der Waals surface area (Å²) in [6, 6.07) is 7.50. The number of thiol groups is 1. The molecule has 0 amide bonds. The molecule has 1 aromatic rings. The molecule has 0 saturated heterocycles. The third kappa shape index (κ3) is 3.40. The highest BCUT2D eigenvalue weighted by Gasteiger charge is 2.10. The summed E-state index contributed by atoms with van der Waals surface area (Å²) >= 11 is 7.52. The summed E-state index contributed by atoms with van der Waals surface area (Å²) in [6.45, 7) is 0. The Morgan fingerprint density at radius 1 is 1.62 bits per heavy atom. The van der Waals surface area contributed by atoms with Crippen LogP contribution in [0.15, 0.2) is 28.7 Å². The second-order valence-corrected chi connectivity index (χ2v) is 4.21. The van der Waals surface area contributed by atoms with E-state index in [1.165, 1.54) is 0 Å². The van der Waals surface area contributed by atoms with Gasteiger partial charge in [-0.05, 0) is 17.7 Å². The third-order valence-electron chi connectivity index (χ3n) is 1.60. The van der Waals surface area contributed by atoms with Gasteiger partial charge in [0, 0.05) is 9.72 Å². The summed E-state index contributed by atoms with van der Waals surface area (Å²) in [6.07, 6.45) is 0.0412. The van der Waals surface area contributed by atoms with Gasteiger partial charge >= 0.3 is 5.97 Å². The highest BCUT2D eigenvalue weighted by Crippen LogP contribution is 2.25. The third-order valence-corrected chi connectivity index (χ3v) is 2.58. The van der Waals surface area contributed by atoms with Crippen LogP contribution in [-0.2, 0) is 4.79 Å². The van der Waals surface area contributed by atoms with Crippen LogP contribution in [0.25, 0.3) is 0 Å². The Kier molecular flexibility index (Phi) is 3.81. The Morgan fingerprint density at radius 3 is 2.85 bits per heavy atom. The average molecular weight is 261 g/mol. The molecular formula is C9H9BrO2S. The van der Waals surface area contributed by atoms with E-state index in [1.54, 1.807) is 0 Å². The predicted molar refractivity (Wildman–Crippen MR) is 58.1 cm³/mol. The van der Waals surface area contributed by atoms with Crippen molar-refractivity contribution in [1.29, 1.82) is 0 Å². The second-order valence-electron chi connectivity index (χ2n) is 2.67. The van der Waals surface area contributed by atoms with Crippen molar-refractivity contribution in [3.63, 3.8) is 0 Å². The van der Waals surface area contributed by atoms with E-state index in [4.69, 9.17) is 5.11 Å². The molecule has 0 aliphatic carbocycles. The summed E-state index contributed by atoms with van der Waals surface area (Å²) in [5, 5.41) is 8.31. The van der Waals surface area contributed by atoms with E-state index >= 15 is 0 Å². The topological polar surface area (TPSA) is 37.3 Å². The van der Waals surface area contributed by atoms with Crippen LogP contribution in [-0.4, -0.2) is 11.1 Å². The maximum atomic E-state index is 10.4. The van der Waals surface area contributed by atoms with Gasteiger partial charge in [-0.1, -0.05) is 28.1 Å². The number of hydrogen-bond acceptors (Lipinski definition) is 2. The fourth-order valence-electron chi connectivity index (χ4n) is 0.997. The van der Waals surface area contributed by atoms with E-state index in [0.29, 0.717) is 0 Å².